The van der Waals surface area contributed by atoms with Crippen LogP contribution in [0.5, 0.6) is 0 Å². The van der Waals surface area contributed by atoms with Gasteiger partial charge < -0.3 is 9.30 Å². The maximum atomic E-state index is 11.3. The van der Waals surface area contributed by atoms with Gasteiger partial charge in [-0.15, -0.1) is 0 Å². The van der Waals surface area contributed by atoms with Crippen molar-refractivity contribution in [2.75, 3.05) is 12.9 Å². The van der Waals surface area contributed by atoms with Crippen molar-refractivity contribution in [1.29, 1.82) is 0 Å². The molecule has 5 heteroatoms. The number of aromatic nitrogens is 2. The number of carbonyl (C=O) groups excluding carboxylic acids is 1. The lowest BCUT2D eigenvalue weighted by atomic mass is 10.1. The number of aryl methyl sites for hydroxylation is 1. The second-order valence-electron chi connectivity index (χ2n) is 4.70. The van der Waals surface area contributed by atoms with E-state index in [2.05, 4.69) is 4.98 Å². The van der Waals surface area contributed by atoms with Gasteiger partial charge >= 0.3 is 5.97 Å². The van der Waals surface area contributed by atoms with Crippen molar-refractivity contribution in [3.8, 4) is 0 Å². The van der Waals surface area contributed by atoms with Gasteiger partial charge in [0.2, 0.25) is 0 Å². The third-order valence-electron chi connectivity index (χ3n) is 3.26. The lowest BCUT2D eigenvalue weighted by molar-refractivity contribution is -0.141. The Morgan fingerprint density at radius 1 is 1.65 bits per heavy atom. The number of ether oxygens (including phenoxy) is 1. The molecule has 0 saturated heterocycles. The molecule has 0 aromatic carbocycles. The van der Waals surface area contributed by atoms with Gasteiger partial charge in [0.25, 0.3) is 0 Å². The van der Waals surface area contributed by atoms with E-state index in [0.29, 0.717) is 6.42 Å². The van der Waals surface area contributed by atoms with Gasteiger partial charge in [-0.25, -0.2) is 4.98 Å². The number of esters is 1. The van der Waals surface area contributed by atoms with Crippen molar-refractivity contribution >= 4 is 17.7 Å². The zero-order valence-corrected chi connectivity index (χ0v) is 11.1. The quantitative estimate of drug-likeness (QED) is 0.728. The third kappa shape index (κ3) is 3.25. The highest BCUT2D eigenvalue weighted by Crippen LogP contribution is 2.51. The van der Waals surface area contributed by atoms with Crippen LogP contribution in [0.2, 0.25) is 0 Å². The van der Waals surface area contributed by atoms with E-state index in [9.17, 15) is 4.79 Å². The first-order chi connectivity index (χ1) is 8.15. The van der Waals surface area contributed by atoms with Crippen LogP contribution in [0.4, 0.5) is 0 Å². The minimum Gasteiger partial charge on any atom is -0.469 e. The Bertz CT molecular complexity index is 399. The standard InChI is InChI=1S/C12H18N2O2S/c1-14-6-5-13-10(14)8-17-9-12(3-4-12)7-11(15)16-2/h5-6H,3-4,7-9H2,1-2H3. The zero-order chi connectivity index (χ0) is 12.3. The summed E-state index contributed by atoms with van der Waals surface area (Å²) in [5, 5.41) is 0. The second kappa shape index (κ2) is 5.12. The molecule has 17 heavy (non-hydrogen) atoms. The van der Waals surface area contributed by atoms with Crippen molar-refractivity contribution in [1.82, 2.24) is 9.55 Å². The van der Waals surface area contributed by atoms with Crippen LogP contribution in [0.3, 0.4) is 0 Å². The predicted octanol–water partition coefficient (Wildman–Crippen LogP) is 2.00. The van der Waals surface area contributed by atoms with Crippen LogP contribution in [-0.2, 0) is 22.3 Å². The molecule has 0 bridgehead atoms. The highest BCUT2D eigenvalue weighted by molar-refractivity contribution is 7.98. The molecule has 1 fully saturated rings. The number of nitrogens with zero attached hydrogens (tertiary/aromatic N) is 2. The van der Waals surface area contributed by atoms with Crippen LogP contribution in [-0.4, -0.2) is 28.4 Å². The third-order valence-corrected chi connectivity index (χ3v) is 4.54. The largest absolute Gasteiger partial charge is 0.469 e. The van der Waals surface area contributed by atoms with Gasteiger partial charge in [-0.1, -0.05) is 0 Å². The Labute approximate surface area is 106 Å². The summed E-state index contributed by atoms with van der Waals surface area (Å²) in [7, 11) is 3.46. The van der Waals surface area contributed by atoms with Crippen LogP contribution in [0.1, 0.15) is 25.1 Å². The normalized spacial score (nSPS) is 16.8. The number of hydrogen-bond donors (Lipinski definition) is 0. The molecule has 0 amide bonds. The fourth-order valence-electron chi connectivity index (χ4n) is 1.82. The molecule has 1 saturated carbocycles. The summed E-state index contributed by atoms with van der Waals surface area (Å²) >= 11 is 1.86. The minimum absolute atomic E-state index is 0.0832. The number of rotatable bonds is 6. The molecule has 0 atom stereocenters. The maximum Gasteiger partial charge on any atom is 0.306 e. The van der Waals surface area contributed by atoms with Crippen molar-refractivity contribution in [2.24, 2.45) is 12.5 Å². The molecule has 4 nitrogen and oxygen atoms in total. The van der Waals surface area contributed by atoms with Gasteiger partial charge in [0.15, 0.2) is 0 Å². The van der Waals surface area contributed by atoms with Crippen molar-refractivity contribution < 1.29 is 9.53 Å². The van der Waals surface area contributed by atoms with E-state index in [1.807, 2.05) is 35.8 Å². The van der Waals surface area contributed by atoms with Gasteiger partial charge in [-0.3, -0.25) is 4.79 Å². The fourth-order valence-corrected chi connectivity index (χ4v) is 3.21. The Balaban J connectivity index is 1.75. The smallest absolute Gasteiger partial charge is 0.306 e. The molecule has 1 aromatic heterocycles. The molecule has 0 unspecified atom stereocenters. The Hall–Kier alpha value is -0.970. The lowest BCUT2D eigenvalue weighted by Crippen LogP contribution is -2.13. The minimum atomic E-state index is -0.0832. The SMILES string of the molecule is COC(=O)CC1(CSCc2nccn2C)CC1. The molecule has 2 rings (SSSR count). The highest BCUT2D eigenvalue weighted by Gasteiger charge is 2.44. The van der Waals surface area contributed by atoms with Gasteiger partial charge in [0.05, 0.1) is 19.3 Å². The van der Waals surface area contributed by atoms with E-state index in [0.717, 1.165) is 30.2 Å². The van der Waals surface area contributed by atoms with Crippen molar-refractivity contribution in [3.05, 3.63) is 18.2 Å². The van der Waals surface area contributed by atoms with Crippen LogP contribution in [0, 0.1) is 5.41 Å². The molecule has 1 aliphatic rings. The summed E-state index contributed by atoms with van der Waals surface area (Å²) in [6.45, 7) is 0. The lowest BCUT2D eigenvalue weighted by Gasteiger charge is -2.12. The van der Waals surface area contributed by atoms with Crippen molar-refractivity contribution in [2.45, 2.75) is 25.0 Å². The number of imidazole rings is 1. The first kappa shape index (κ1) is 12.5. The Morgan fingerprint density at radius 3 is 2.94 bits per heavy atom. The van der Waals surface area contributed by atoms with E-state index in [4.69, 9.17) is 4.74 Å². The van der Waals surface area contributed by atoms with Gasteiger partial charge in [0.1, 0.15) is 5.82 Å². The van der Waals surface area contributed by atoms with E-state index in [-0.39, 0.29) is 11.4 Å². The van der Waals surface area contributed by atoms with Gasteiger partial charge in [-0.05, 0) is 24.0 Å². The molecule has 0 aliphatic heterocycles. The predicted molar refractivity (Wildman–Crippen MR) is 67.7 cm³/mol. The molecular formula is C12H18N2O2S. The Kier molecular flexibility index (Phi) is 3.76. The van der Waals surface area contributed by atoms with Crippen LogP contribution >= 0.6 is 11.8 Å². The molecule has 94 valence electrons. The first-order valence-corrected chi connectivity index (χ1v) is 6.91. The van der Waals surface area contributed by atoms with E-state index >= 15 is 0 Å². The summed E-state index contributed by atoms with van der Waals surface area (Å²) in [5.41, 5.74) is 0.211. The second-order valence-corrected chi connectivity index (χ2v) is 5.69. The van der Waals surface area contributed by atoms with E-state index in [1.165, 1.54) is 7.11 Å². The number of carbonyl (C=O) groups is 1. The summed E-state index contributed by atoms with van der Waals surface area (Å²) in [6.07, 6.45) is 6.64. The van der Waals surface area contributed by atoms with E-state index < -0.39 is 0 Å². The summed E-state index contributed by atoms with van der Waals surface area (Å²) < 4.78 is 6.77. The Morgan fingerprint density at radius 2 is 2.41 bits per heavy atom. The van der Waals surface area contributed by atoms with Gasteiger partial charge in [-0.2, -0.15) is 11.8 Å². The van der Waals surface area contributed by atoms with E-state index in [1.54, 1.807) is 0 Å². The van der Waals surface area contributed by atoms with Crippen LogP contribution < -0.4 is 0 Å². The highest BCUT2D eigenvalue weighted by atomic mass is 32.2. The summed E-state index contributed by atoms with van der Waals surface area (Å²) in [5.74, 6) is 2.94. The average molecular weight is 254 g/mol. The fraction of sp³-hybridized carbons (Fsp3) is 0.667. The maximum absolute atomic E-state index is 11.3. The summed E-state index contributed by atoms with van der Waals surface area (Å²) in [6, 6.07) is 0. The number of methoxy groups -OCH3 is 1. The zero-order valence-electron chi connectivity index (χ0n) is 10.3. The molecule has 1 aromatic rings. The average Bonchev–Trinajstić information content (AvgIpc) is 2.95. The van der Waals surface area contributed by atoms with Crippen LogP contribution in [0.15, 0.2) is 12.4 Å². The molecule has 1 heterocycles. The summed E-state index contributed by atoms with van der Waals surface area (Å²) in [4.78, 5) is 15.5. The number of hydrogen-bond acceptors (Lipinski definition) is 4. The molecular weight excluding hydrogens is 236 g/mol. The molecule has 0 N–H and O–H groups in total. The molecule has 0 spiro atoms. The number of thioether (sulfide) groups is 1. The first-order valence-electron chi connectivity index (χ1n) is 5.76. The molecule has 0 radical (unpaired) electrons. The monoisotopic (exact) mass is 254 g/mol. The molecule has 1 aliphatic carbocycles. The van der Waals surface area contributed by atoms with Gasteiger partial charge in [0, 0.05) is 19.4 Å². The topological polar surface area (TPSA) is 44.1 Å². The van der Waals surface area contributed by atoms with Crippen molar-refractivity contribution in [3.63, 3.8) is 0 Å². The van der Waals surface area contributed by atoms with Crippen LogP contribution in [0.25, 0.3) is 0 Å².